The Labute approximate surface area is 623 Å². The number of ether oxygens (including phenoxy) is 3. The first kappa shape index (κ1) is 90.7. The Balaban J connectivity index is 0.000000373. The third-order valence-corrected chi connectivity index (χ3v) is 24.5. The van der Waals surface area contributed by atoms with Gasteiger partial charge in [-0.15, -0.1) is 13.2 Å². The molecule has 2 aliphatic carbocycles. The van der Waals surface area contributed by atoms with Crippen molar-refractivity contribution in [2.75, 3.05) is 91.3 Å². The van der Waals surface area contributed by atoms with Crippen LogP contribution in [0.2, 0.25) is 0 Å². The van der Waals surface area contributed by atoms with E-state index in [9.17, 15) is 69.6 Å². The number of nitrogens with one attached hydrogen (secondary N) is 7. The molecule has 7 N–H and O–H groups in total. The number of rotatable bonds is 20. The highest BCUT2D eigenvalue weighted by atomic mass is 32.2. The van der Waals surface area contributed by atoms with Gasteiger partial charge in [0.1, 0.15) is 29.8 Å². The van der Waals surface area contributed by atoms with Gasteiger partial charge in [-0.3, -0.25) is 38.4 Å². The topological polar surface area (TPSA) is 393 Å². The fraction of sp³-hybridized carbons (Fsp3) is 0.795. The lowest BCUT2D eigenvalue weighted by molar-refractivity contribution is -0.145. The number of ketones is 2. The average molecular weight is 1520 g/mol. The molecule has 0 aromatic carbocycles. The van der Waals surface area contributed by atoms with Crippen LogP contribution in [0, 0.1) is 45.3 Å². The number of isocyanates is 1. The van der Waals surface area contributed by atoms with E-state index in [-0.39, 0.29) is 110 Å². The molecule has 0 aromatic rings. The minimum Gasteiger partial charge on any atom is -0.444 e. The summed E-state index contributed by atoms with van der Waals surface area (Å²) < 4.78 is 67.6. The summed E-state index contributed by atoms with van der Waals surface area (Å²) in [6.45, 7) is 36.7. The van der Waals surface area contributed by atoms with E-state index in [1.165, 1.54) is 50.7 Å². The molecule has 0 aromatic heterocycles. The van der Waals surface area contributed by atoms with Gasteiger partial charge in [0.15, 0.2) is 0 Å². The molecule has 0 spiro atoms. The predicted octanol–water partition coefficient (Wildman–Crippen LogP) is 4.67. The Bertz CT molecular complexity index is 3340. The Morgan fingerprint density at radius 3 is 1.39 bits per heavy atom. The largest absolute Gasteiger partial charge is 0.444 e. The number of piperidine rings is 2. The maximum atomic E-state index is 14.2. The SMILES string of the molecule is C=CCNC(=O)C(=O)[C@@H]1CCCCCCCOC[C@H](NC(=O)N[C@H](CN(C)S(=O)(=O)CC)C(C)(C)C)C(=O)N2C[C@H]3[C@@H](C2C(=O)N1)C3(C)C.C=CCNC(=O)C(=O)[C@@H]1CCCCCCCOC[C@H](NC(=O)OC(C)(C)C)C(=O)N2C[C@H]3[C@@H](C2C(=O)N1)C3(C)C.CCS(=O)(=O)N(C)C[C@@H](N=C=O)C(C)(C)C. The zero-order valence-corrected chi connectivity index (χ0v) is 67.0. The van der Waals surface area contributed by atoms with Crippen LogP contribution in [0.4, 0.5) is 9.59 Å². The van der Waals surface area contributed by atoms with Crippen LogP contribution in [-0.2, 0) is 77.4 Å². The smallest absolute Gasteiger partial charge is 0.408 e. The van der Waals surface area contributed by atoms with E-state index in [1.54, 1.807) is 34.6 Å². The summed E-state index contributed by atoms with van der Waals surface area (Å²) in [4.78, 5) is 150. The average Bonchev–Trinajstić information content (AvgIpc) is 1.53. The van der Waals surface area contributed by atoms with Crippen molar-refractivity contribution in [3.05, 3.63) is 25.3 Å². The Hall–Kier alpha value is -6.70. The summed E-state index contributed by atoms with van der Waals surface area (Å²) in [5.41, 5.74) is -1.94. The fourth-order valence-electron chi connectivity index (χ4n) is 13.9. The molecule has 6 fully saturated rings. The first-order chi connectivity index (χ1) is 48.8. The number of hydrogen-bond acceptors (Lipinski definition) is 19. The van der Waals surface area contributed by atoms with Crippen LogP contribution in [0.3, 0.4) is 0 Å². The van der Waals surface area contributed by atoms with Gasteiger partial charge in [0.2, 0.25) is 61.3 Å². The standard InChI is InChI=1S/C34H58N6O8S.C29H46N4O7.C10H20N2O3S/c1-9-17-35-30(43)28(41)23-16-14-12-11-13-15-18-48-21-24(31(44)40-19-22-26(34(22,6)7)27(40)29(42)36-23)37-32(45)38-25(33(3,4)5)20-39(8)49(46,47)10-2;1-7-14-30-25(36)23(34)19-13-11-9-8-10-12-15-39-17-20(32-27(38)40-28(2,3)4)26(37)33-16-18-21(29(18,5)6)22(33)24(35)31-19;1-6-16(14,15)12(5)7-9(11-8-13)10(2,3)4/h9,22-27H,1,10-21H2,2-8H3,(H,35,43)(H,36,42)(H2,37,38,45);7,18-22H,1,8-17H2,2-6H3,(H,30,36)(H,31,35)(H,32,38);9H,6-7H2,1-5H3/t22-,23-,24-,25+,26-,27?;18-,19-,20-,21-,22?;9-/m001/s1. The summed E-state index contributed by atoms with van der Waals surface area (Å²) in [7, 11) is -3.77. The second-order valence-electron chi connectivity index (χ2n) is 32.6. The number of sulfonamides is 2. The van der Waals surface area contributed by atoms with E-state index in [2.05, 4.69) is 69.2 Å². The molecule has 32 heteroatoms. The van der Waals surface area contributed by atoms with Crippen molar-refractivity contribution >= 4 is 85.3 Å². The molecule has 4 saturated heterocycles. The minimum absolute atomic E-state index is 0.0283. The summed E-state index contributed by atoms with van der Waals surface area (Å²) in [5, 5.41) is 18.9. The van der Waals surface area contributed by atoms with Crippen molar-refractivity contribution in [1.82, 2.24) is 55.6 Å². The number of carbonyl (C=O) groups is 10. The number of carbonyl (C=O) groups excluding carboxylic acids is 11. The van der Waals surface area contributed by atoms with E-state index in [0.29, 0.717) is 39.0 Å². The highest BCUT2D eigenvalue weighted by Crippen LogP contribution is 2.66. The van der Waals surface area contributed by atoms with Crippen LogP contribution >= 0.6 is 0 Å². The minimum atomic E-state index is -3.51. The zero-order valence-electron chi connectivity index (χ0n) is 65.4. The van der Waals surface area contributed by atoms with Crippen molar-refractivity contribution in [1.29, 1.82) is 0 Å². The molecule has 9 amide bonds. The van der Waals surface area contributed by atoms with E-state index < -0.39 is 132 Å². The molecule has 12 atom stereocenters. The van der Waals surface area contributed by atoms with E-state index >= 15 is 0 Å². The Morgan fingerprint density at radius 1 is 0.629 bits per heavy atom. The molecule has 2 saturated carbocycles. The van der Waals surface area contributed by atoms with Gasteiger partial charge in [-0.05, 0) is 106 Å². The molecule has 596 valence electrons. The van der Waals surface area contributed by atoms with Crippen LogP contribution < -0.4 is 37.2 Å². The Kier molecular flexibility index (Phi) is 34.0. The molecule has 6 rings (SSSR count). The van der Waals surface area contributed by atoms with Crippen molar-refractivity contribution in [2.45, 2.75) is 235 Å². The number of urea groups is 1. The molecule has 0 radical (unpaired) electrons. The molecule has 105 heavy (non-hydrogen) atoms. The number of amides is 9. The van der Waals surface area contributed by atoms with Gasteiger partial charge in [0, 0.05) is 72.6 Å². The van der Waals surface area contributed by atoms with Crippen molar-refractivity contribution < 1.29 is 83.8 Å². The highest BCUT2D eigenvalue weighted by molar-refractivity contribution is 7.89. The molecule has 4 aliphatic heterocycles. The molecule has 4 heterocycles. The third-order valence-electron chi connectivity index (χ3n) is 20.9. The molecule has 30 nitrogen and oxygen atoms in total. The van der Waals surface area contributed by atoms with Crippen LogP contribution in [-0.4, -0.2) is 246 Å². The number of aliphatic imine (C=N–C) groups is 1. The van der Waals surface area contributed by atoms with Crippen molar-refractivity contribution in [3.8, 4) is 0 Å². The lowest BCUT2D eigenvalue weighted by Crippen LogP contribution is -2.61. The maximum absolute atomic E-state index is 14.2. The number of fused-ring (bicyclic) bond motifs is 6. The maximum Gasteiger partial charge on any atom is 0.408 e. The van der Waals surface area contributed by atoms with Crippen LogP contribution in [0.1, 0.15) is 181 Å². The van der Waals surface area contributed by atoms with Crippen molar-refractivity contribution in [2.24, 2.45) is 50.3 Å². The first-order valence-electron chi connectivity index (χ1n) is 37.0. The lowest BCUT2D eigenvalue weighted by atomic mass is 9.87. The number of nitrogens with zero attached hydrogens (tertiary/aromatic N) is 5. The Morgan fingerprint density at radius 2 is 1.02 bits per heavy atom. The first-order valence-corrected chi connectivity index (χ1v) is 40.3. The molecular weight excluding hydrogens is 1400 g/mol. The van der Waals surface area contributed by atoms with E-state index in [0.717, 1.165) is 51.4 Å². The number of alkyl carbamates (subject to hydrolysis) is 1. The van der Waals surface area contributed by atoms with Gasteiger partial charge in [-0.25, -0.2) is 44.8 Å². The molecule has 0 bridgehead atoms. The van der Waals surface area contributed by atoms with E-state index in [4.69, 9.17) is 14.2 Å². The predicted molar refractivity (Wildman–Crippen MR) is 397 cm³/mol. The van der Waals surface area contributed by atoms with Crippen LogP contribution in [0.15, 0.2) is 30.3 Å². The second kappa shape index (κ2) is 39.4. The zero-order chi connectivity index (χ0) is 79.4. The lowest BCUT2D eigenvalue weighted by Gasteiger charge is -2.36. The van der Waals surface area contributed by atoms with Gasteiger partial charge in [0.05, 0.1) is 42.8 Å². The van der Waals surface area contributed by atoms with Gasteiger partial charge < -0.3 is 61.2 Å². The number of hydrogen-bond donors (Lipinski definition) is 7. The fourth-order valence-corrected chi connectivity index (χ4v) is 15.5. The normalized spacial score (nSPS) is 26.1. The second-order valence-corrected chi connectivity index (χ2v) is 37.4. The van der Waals surface area contributed by atoms with Crippen LogP contribution in [0.5, 0.6) is 0 Å². The molecule has 2 unspecified atom stereocenters. The third kappa shape index (κ3) is 26.3. The van der Waals surface area contributed by atoms with Gasteiger partial charge in [-0.2, -0.15) is 0 Å². The summed E-state index contributed by atoms with van der Waals surface area (Å²) in [6.07, 6.45) is 12.2. The molecular formula is C73H124N12O18S2. The summed E-state index contributed by atoms with van der Waals surface area (Å²) >= 11 is 0. The quantitative estimate of drug-likeness (QED) is 0.0377. The van der Waals surface area contributed by atoms with Crippen molar-refractivity contribution in [3.63, 3.8) is 0 Å². The molecule has 6 aliphatic rings. The van der Waals surface area contributed by atoms with Crippen LogP contribution in [0.25, 0.3) is 0 Å². The number of Topliss-reactive ketones (excluding diaryl/α,β-unsaturated/α-hetero) is 2. The number of likely N-dealkylation sites (N-methyl/N-ethyl adjacent to an activating group) is 2. The summed E-state index contributed by atoms with van der Waals surface area (Å²) in [6, 6.07) is -7.61. The highest BCUT2D eigenvalue weighted by Gasteiger charge is 2.71. The van der Waals surface area contributed by atoms with E-state index in [1.807, 2.05) is 55.4 Å². The van der Waals surface area contributed by atoms with Gasteiger partial charge in [-0.1, -0.05) is 133 Å². The summed E-state index contributed by atoms with van der Waals surface area (Å²) in [5.74, 6) is -5.11. The van der Waals surface area contributed by atoms with Gasteiger partial charge >= 0.3 is 12.1 Å². The van der Waals surface area contributed by atoms with Gasteiger partial charge in [0.25, 0.3) is 11.8 Å². The monoisotopic (exact) mass is 1520 g/mol.